The molecule has 0 saturated carbocycles. The summed E-state index contributed by atoms with van der Waals surface area (Å²) in [5, 5.41) is 1.55. The van der Waals surface area contributed by atoms with Gasteiger partial charge in [0.15, 0.2) is 6.10 Å². The number of rotatable bonds is 6. The molecule has 0 radical (unpaired) electrons. The number of nitrogens with zero attached hydrogens (tertiary/aromatic N) is 2. The minimum atomic E-state index is -0.998. The second-order valence-electron chi connectivity index (χ2n) is 8.07. The number of fused-ring (bicyclic) bond motifs is 1. The van der Waals surface area contributed by atoms with E-state index in [1.807, 2.05) is 37.3 Å². The van der Waals surface area contributed by atoms with Crippen LogP contribution in [0.25, 0.3) is 0 Å². The monoisotopic (exact) mass is 446 g/mol. The molecule has 2 fully saturated rings. The van der Waals surface area contributed by atoms with Crippen molar-refractivity contribution in [2.75, 3.05) is 16.6 Å². The van der Waals surface area contributed by atoms with Gasteiger partial charge < -0.3 is 4.74 Å². The van der Waals surface area contributed by atoms with Gasteiger partial charge in [0.2, 0.25) is 5.91 Å². The number of benzene rings is 3. The Hall–Kier alpha value is -3.71. The third-order valence-corrected chi connectivity index (χ3v) is 5.88. The van der Waals surface area contributed by atoms with Crippen LogP contribution in [-0.4, -0.2) is 24.5 Å². The number of imide groups is 1. The van der Waals surface area contributed by atoms with Crippen molar-refractivity contribution in [3.05, 3.63) is 90.2 Å². The molecule has 0 aliphatic carbocycles. The highest BCUT2D eigenvalue weighted by atomic mass is 19.1. The highest BCUT2D eigenvalue weighted by Gasteiger charge is 2.60. The van der Waals surface area contributed by atoms with Gasteiger partial charge >= 0.3 is 0 Å². The molecular formula is C26H23FN2O4. The number of halogens is 1. The first-order valence-corrected chi connectivity index (χ1v) is 11.0. The Morgan fingerprint density at radius 3 is 2.36 bits per heavy atom. The quantitative estimate of drug-likeness (QED) is 0.515. The van der Waals surface area contributed by atoms with Crippen molar-refractivity contribution in [2.24, 2.45) is 5.92 Å². The summed E-state index contributed by atoms with van der Waals surface area (Å²) in [5.74, 6) is -1.37. The Balaban J connectivity index is 1.50. The average molecular weight is 446 g/mol. The molecule has 168 valence electrons. The van der Waals surface area contributed by atoms with Gasteiger partial charge in [-0.05, 0) is 60.5 Å². The van der Waals surface area contributed by atoms with Crippen LogP contribution in [0.15, 0.2) is 78.9 Å². The van der Waals surface area contributed by atoms with Crippen LogP contribution in [0, 0.1) is 11.7 Å². The highest BCUT2D eigenvalue weighted by Crippen LogP contribution is 2.47. The molecule has 3 atom stereocenters. The molecule has 5 rings (SSSR count). The zero-order valence-corrected chi connectivity index (χ0v) is 18.1. The van der Waals surface area contributed by atoms with Gasteiger partial charge in [-0.3, -0.25) is 14.4 Å². The number of hydroxylamine groups is 1. The SMILES string of the molecule is CCCOc1ccc(N2C(=O)[C@@H]3[C@@H](c4cccc(F)c4)N(c4ccccc4)O[C@H]3C2=O)cc1. The van der Waals surface area contributed by atoms with E-state index in [0.717, 1.165) is 11.3 Å². The first kappa shape index (κ1) is 21.2. The molecule has 3 aromatic rings. The number of carbonyl (C=O) groups is 2. The number of hydrogen-bond acceptors (Lipinski definition) is 5. The molecule has 3 aromatic carbocycles. The molecule has 2 heterocycles. The molecule has 0 spiro atoms. The van der Waals surface area contributed by atoms with Gasteiger partial charge in [0.25, 0.3) is 5.91 Å². The summed E-state index contributed by atoms with van der Waals surface area (Å²) in [6.45, 7) is 2.60. The number of para-hydroxylation sites is 1. The number of carbonyl (C=O) groups excluding carboxylic acids is 2. The van der Waals surface area contributed by atoms with Gasteiger partial charge in [-0.1, -0.05) is 37.3 Å². The molecule has 2 amide bonds. The Morgan fingerprint density at radius 1 is 0.909 bits per heavy atom. The predicted molar refractivity (Wildman–Crippen MR) is 121 cm³/mol. The van der Waals surface area contributed by atoms with Crippen LogP contribution in [-0.2, 0) is 14.4 Å². The van der Waals surface area contributed by atoms with Crippen LogP contribution >= 0.6 is 0 Å². The molecule has 0 aromatic heterocycles. The molecule has 6 nitrogen and oxygen atoms in total. The van der Waals surface area contributed by atoms with Gasteiger partial charge in [-0.15, -0.1) is 0 Å². The van der Waals surface area contributed by atoms with Crippen LogP contribution in [0.2, 0.25) is 0 Å². The summed E-state index contributed by atoms with van der Waals surface area (Å²) in [5.41, 5.74) is 1.71. The van der Waals surface area contributed by atoms with E-state index >= 15 is 0 Å². The summed E-state index contributed by atoms with van der Waals surface area (Å²) in [6, 6.07) is 21.5. The van der Waals surface area contributed by atoms with Crippen molar-refractivity contribution < 1.29 is 23.6 Å². The zero-order chi connectivity index (χ0) is 22.9. The van der Waals surface area contributed by atoms with E-state index in [1.54, 1.807) is 41.5 Å². The maximum Gasteiger partial charge on any atom is 0.266 e. The zero-order valence-electron chi connectivity index (χ0n) is 18.1. The normalized spacial score (nSPS) is 22.1. The number of amides is 2. The Kier molecular flexibility index (Phi) is 5.56. The largest absolute Gasteiger partial charge is 0.494 e. The third-order valence-electron chi connectivity index (χ3n) is 5.88. The lowest BCUT2D eigenvalue weighted by molar-refractivity contribution is -0.126. The topological polar surface area (TPSA) is 59.1 Å². The highest BCUT2D eigenvalue weighted by molar-refractivity contribution is 6.23. The number of anilines is 2. The molecule has 0 unspecified atom stereocenters. The minimum Gasteiger partial charge on any atom is -0.494 e. The van der Waals surface area contributed by atoms with Crippen LogP contribution in [0.3, 0.4) is 0 Å². The molecule has 7 heteroatoms. The molecule has 2 aliphatic heterocycles. The maximum atomic E-state index is 14.1. The number of ether oxygens (including phenoxy) is 1. The Morgan fingerprint density at radius 2 is 1.67 bits per heavy atom. The van der Waals surface area contributed by atoms with Crippen molar-refractivity contribution in [1.82, 2.24) is 0 Å². The third kappa shape index (κ3) is 3.74. The molecule has 0 N–H and O–H groups in total. The average Bonchev–Trinajstić information content (AvgIpc) is 3.35. The molecule has 2 saturated heterocycles. The van der Waals surface area contributed by atoms with Crippen LogP contribution in [0.1, 0.15) is 24.9 Å². The Labute approximate surface area is 191 Å². The maximum absolute atomic E-state index is 14.1. The van der Waals surface area contributed by atoms with Crippen LogP contribution in [0.4, 0.5) is 15.8 Å². The van der Waals surface area contributed by atoms with E-state index in [0.29, 0.717) is 29.3 Å². The second kappa shape index (κ2) is 8.67. The first-order valence-electron chi connectivity index (χ1n) is 11.0. The standard InChI is InChI=1S/C26H23FN2O4/c1-2-15-32-21-13-11-19(12-14-21)28-25(30)22-23(17-7-6-8-18(27)16-17)29(33-24(22)26(28)31)20-9-4-3-5-10-20/h3-14,16,22-24H,2,15H2,1H3/t22-,23-,24-/m1/s1. The minimum absolute atomic E-state index is 0.375. The summed E-state index contributed by atoms with van der Waals surface area (Å²) < 4.78 is 19.7. The van der Waals surface area contributed by atoms with Crippen molar-refractivity contribution >= 4 is 23.2 Å². The molecular weight excluding hydrogens is 423 g/mol. The van der Waals surface area contributed by atoms with Gasteiger partial charge in [0, 0.05) is 0 Å². The fourth-order valence-corrected chi connectivity index (χ4v) is 4.41. The van der Waals surface area contributed by atoms with Crippen molar-refractivity contribution in [3.63, 3.8) is 0 Å². The second-order valence-corrected chi connectivity index (χ2v) is 8.07. The summed E-state index contributed by atoms with van der Waals surface area (Å²) in [7, 11) is 0. The predicted octanol–water partition coefficient (Wildman–Crippen LogP) is 4.67. The van der Waals surface area contributed by atoms with Gasteiger partial charge in [0.05, 0.1) is 24.0 Å². The summed E-state index contributed by atoms with van der Waals surface area (Å²) >= 11 is 0. The smallest absolute Gasteiger partial charge is 0.266 e. The van der Waals surface area contributed by atoms with Gasteiger partial charge in [0.1, 0.15) is 17.5 Å². The van der Waals surface area contributed by atoms with Gasteiger partial charge in [-0.25, -0.2) is 14.4 Å². The molecule has 2 aliphatic rings. The fourth-order valence-electron chi connectivity index (χ4n) is 4.41. The lowest BCUT2D eigenvalue weighted by Crippen LogP contribution is -2.37. The van der Waals surface area contributed by atoms with Crippen molar-refractivity contribution in [3.8, 4) is 5.75 Å². The van der Waals surface area contributed by atoms with E-state index in [4.69, 9.17) is 9.57 Å². The van der Waals surface area contributed by atoms with Crippen molar-refractivity contribution in [2.45, 2.75) is 25.5 Å². The summed E-state index contributed by atoms with van der Waals surface area (Å²) in [4.78, 5) is 34.1. The van der Waals surface area contributed by atoms with Crippen LogP contribution in [0.5, 0.6) is 5.75 Å². The van der Waals surface area contributed by atoms with Gasteiger partial charge in [-0.2, -0.15) is 0 Å². The van der Waals surface area contributed by atoms with E-state index in [1.165, 1.54) is 12.1 Å². The van der Waals surface area contributed by atoms with Crippen LogP contribution < -0.4 is 14.7 Å². The molecule has 33 heavy (non-hydrogen) atoms. The van der Waals surface area contributed by atoms with E-state index < -0.39 is 29.8 Å². The van der Waals surface area contributed by atoms with E-state index in [9.17, 15) is 14.0 Å². The lowest BCUT2D eigenvalue weighted by Gasteiger charge is -2.28. The Bertz CT molecular complexity index is 1170. The first-order chi connectivity index (χ1) is 16.1. The fraction of sp³-hybridized carbons (Fsp3) is 0.231. The summed E-state index contributed by atoms with van der Waals surface area (Å²) in [6.07, 6.45) is -0.118. The number of hydrogen-bond donors (Lipinski definition) is 0. The molecule has 0 bridgehead atoms. The van der Waals surface area contributed by atoms with E-state index in [-0.39, 0.29) is 5.91 Å². The van der Waals surface area contributed by atoms with Crippen molar-refractivity contribution in [1.29, 1.82) is 0 Å². The lowest BCUT2D eigenvalue weighted by atomic mass is 9.90. The van der Waals surface area contributed by atoms with E-state index in [2.05, 4.69) is 0 Å².